The molecule has 1 aromatic heterocycles. The summed E-state index contributed by atoms with van der Waals surface area (Å²) in [6, 6.07) is 2.47. The van der Waals surface area contributed by atoms with Crippen molar-refractivity contribution in [2.75, 3.05) is 11.4 Å². The third-order valence-corrected chi connectivity index (χ3v) is 4.71. The second kappa shape index (κ2) is 5.22. The fraction of sp³-hybridized carbons (Fsp3) is 0.692. The Bertz CT molecular complexity index is 432. The average molecular weight is 286 g/mol. The SMILES string of the molecule is Clc1cc(N2CCCC2C2CCCC2)c(Cl)nn1. The number of anilines is 1. The van der Waals surface area contributed by atoms with Crippen LogP contribution in [-0.4, -0.2) is 22.8 Å². The highest BCUT2D eigenvalue weighted by Gasteiger charge is 2.34. The van der Waals surface area contributed by atoms with E-state index in [2.05, 4.69) is 15.1 Å². The van der Waals surface area contributed by atoms with Crippen molar-refractivity contribution in [1.29, 1.82) is 0 Å². The highest BCUT2D eigenvalue weighted by atomic mass is 35.5. The molecule has 1 saturated carbocycles. The van der Waals surface area contributed by atoms with Gasteiger partial charge in [0.2, 0.25) is 0 Å². The molecule has 3 rings (SSSR count). The Balaban J connectivity index is 1.87. The molecule has 3 nitrogen and oxygen atoms in total. The van der Waals surface area contributed by atoms with E-state index in [-0.39, 0.29) is 0 Å². The van der Waals surface area contributed by atoms with Crippen LogP contribution in [0.25, 0.3) is 0 Å². The number of hydrogen-bond acceptors (Lipinski definition) is 3. The number of aromatic nitrogens is 2. The molecule has 0 radical (unpaired) electrons. The molecule has 1 saturated heterocycles. The highest BCUT2D eigenvalue weighted by molar-refractivity contribution is 6.33. The minimum absolute atomic E-state index is 0.423. The lowest BCUT2D eigenvalue weighted by molar-refractivity contribution is 0.430. The lowest BCUT2D eigenvalue weighted by atomic mass is 9.96. The summed E-state index contributed by atoms with van der Waals surface area (Å²) in [5, 5.41) is 8.62. The zero-order chi connectivity index (χ0) is 12.5. The van der Waals surface area contributed by atoms with E-state index in [1.807, 2.05) is 6.07 Å². The van der Waals surface area contributed by atoms with Gasteiger partial charge in [-0.25, -0.2) is 0 Å². The molecular weight excluding hydrogens is 269 g/mol. The first kappa shape index (κ1) is 12.5. The lowest BCUT2D eigenvalue weighted by Gasteiger charge is -2.31. The number of hydrogen-bond donors (Lipinski definition) is 0. The Morgan fingerprint density at radius 1 is 1.06 bits per heavy atom. The van der Waals surface area contributed by atoms with Gasteiger partial charge in [0, 0.05) is 18.7 Å². The van der Waals surface area contributed by atoms with Gasteiger partial charge in [0.15, 0.2) is 10.3 Å². The van der Waals surface area contributed by atoms with Crippen molar-refractivity contribution in [1.82, 2.24) is 10.2 Å². The minimum atomic E-state index is 0.423. The fourth-order valence-electron chi connectivity index (χ4n) is 3.47. The summed E-state index contributed by atoms with van der Waals surface area (Å²) in [6.07, 6.45) is 7.95. The summed E-state index contributed by atoms with van der Waals surface area (Å²) < 4.78 is 0. The van der Waals surface area contributed by atoms with Gasteiger partial charge in [0.1, 0.15) is 0 Å². The Labute approximate surface area is 117 Å². The van der Waals surface area contributed by atoms with Gasteiger partial charge in [-0.1, -0.05) is 36.0 Å². The third-order valence-electron chi connectivity index (χ3n) is 4.25. The summed E-state index contributed by atoms with van der Waals surface area (Å²) in [5.74, 6) is 0.815. The van der Waals surface area contributed by atoms with E-state index in [9.17, 15) is 0 Å². The van der Waals surface area contributed by atoms with Crippen LogP contribution in [-0.2, 0) is 0 Å². The van der Waals surface area contributed by atoms with E-state index in [0.29, 0.717) is 16.3 Å². The number of rotatable bonds is 2. The molecule has 0 aromatic carbocycles. The second-order valence-electron chi connectivity index (χ2n) is 5.29. The third kappa shape index (κ3) is 2.30. The van der Waals surface area contributed by atoms with Crippen molar-refractivity contribution >= 4 is 28.9 Å². The van der Waals surface area contributed by atoms with Crippen LogP contribution in [0, 0.1) is 5.92 Å². The minimum Gasteiger partial charge on any atom is -0.366 e. The molecule has 18 heavy (non-hydrogen) atoms. The van der Waals surface area contributed by atoms with Gasteiger partial charge in [0.25, 0.3) is 0 Å². The van der Waals surface area contributed by atoms with Gasteiger partial charge >= 0.3 is 0 Å². The predicted octanol–water partition coefficient (Wildman–Crippen LogP) is 3.94. The zero-order valence-corrected chi connectivity index (χ0v) is 11.8. The molecule has 1 aromatic rings. The predicted molar refractivity (Wildman–Crippen MR) is 74.4 cm³/mol. The highest BCUT2D eigenvalue weighted by Crippen LogP contribution is 2.39. The van der Waals surface area contributed by atoms with Gasteiger partial charge in [-0.3, -0.25) is 0 Å². The molecule has 1 aliphatic heterocycles. The molecule has 0 bridgehead atoms. The first-order chi connectivity index (χ1) is 8.75. The van der Waals surface area contributed by atoms with Crippen LogP contribution >= 0.6 is 23.2 Å². The molecular formula is C13H17Cl2N3. The van der Waals surface area contributed by atoms with Crippen LogP contribution in [0.4, 0.5) is 5.69 Å². The largest absolute Gasteiger partial charge is 0.366 e. The fourth-order valence-corrected chi connectivity index (χ4v) is 3.81. The summed E-state index contributed by atoms with van der Waals surface area (Å²) in [5.41, 5.74) is 0.964. The van der Waals surface area contributed by atoms with E-state index in [0.717, 1.165) is 18.2 Å². The van der Waals surface area contributed by atoms with Crippen molar-refractivity contribution in [3.63, 3.8) is 0 Å². The van der Waals surface area contributed by atoms with Crippen molar-refractivity contribution < 1.29 is 0 Å². The summed E-state index contributed by atoms with van der Waals surface area (Å²) in [6.45, 7) is 1.06. The first-order valence-corrected chi connectivity index (χ1v) is 7.46. The van der Waals surface area contributed by atoms with E-state index in [1.165, 1.54) is 38.5 Å². The molecule has 2 fully saturated rings. The molecule has 1 aliphatic carbocycles. The smallest absolute Gasteiger partial charge is 0.175 e. The van der Waals surface area contributed by atoms with Crippen LogP contribution in [0.5, 0.6) is 0 Å². The van der Waals surface area contributed by atoms with Gasteiger partial charge in [-0.05, 0) is 31.6 Å². The topological polar surface area (TPSA) is 29.0 Å². The normalized spacial score (nSPS) is 25.0. The number of nitrogens with zero attached hydrogens (tertiary/aromatic N) is 3. The van der Waals surface area contributed by atoms with Gasteiger partial charge in [-0.2, -0.15) is 0 Å². The van der Waals surface area contributed by atoms with Crippen molar-refractivity contribution in [3.8, 4) is 0 Å². The second-order valence-corrected chi connectivity index (χ2v) is 6.04. The molecule has 1 unspecified atom stereocenters. The van der Waals surface area contributed by atoms with Gasteiger partial charge in [-0.15, -0.1) is 10.2 Å². The monoisotopic (exact) mass is 285 g/mol. The van der Waals surface area contributed by atoms with E-state index >= 15 is 0 Å². The molecule has 98 valence electrons. The van der Waals surface area contributed by atoms with Gasteiger partial charge < -0.3 is 4.90 Å². The maximum absolute atomic E-state index is 6.17. The Kier molecular flexibility index (Phi) is 3.62. The molecule has 0 N–H and O–H groups in total. The summed E-state index contributed by atoms with van der Waals surface area (Å²) >= 11 is 12.1. The molecule has 1 atom stereocenters. The summed E-state index contributed by atoms with van der Waals surface area (Å²) in [7, 11) is 0. The molecule has 0 spiro atoms. The zero-order valence-electron chi connectivity index (χ0n) is 10.3. The van der Waals surface area contributed by atoms with Crippen molar-refractivity contribution in [2.45, 2.75) is 44.6 Å². The molecule has 5 heteroatoms. The summed E-state index contributed by atoms with van der Waals surface area (Å²) in [4.78, 5) is 2.40. The standard InChI is InChI=1S/C13H17Cl2N3/c14-12-8-11(13(15)17-16-12)18-7-3-6-10(18)9-4-1-2-5-9/h8-10H,1-7H2. The van der Waals surface area contributed by atoms with E-state index in [4.69, 9.17) is 23.2 Å². The quantitative estimate of drug-likeness (QED) is 0.824. The molecule has 0 amide bonds. The Hall–Kier alpha value is -0.540. The Morgan fingerprint density at radius 3 is 2.61 bits per heavy atom. The van der Waals surface area contributed by atoms with Crippen LogP contribution in [0.2, 0.25) is 10.3 Å². The first-order valence-electron chi connectivity index (χ1n) is 6.71. The van der Waals surface area contributed by atoms with Gasteiger partial charge in [0.05, 0.1) is 5.69 Å². The van der Waals surface area contributed by atoms with Crippen LogP contribution in [0.1, 0.15) is 38.5 Å². The van der Waals surface area contributed by atoms with Crippen molar-refractivity contribution in [3.05, 3.63) is 16.4 Å². The molecule has 2 aliphatic rings. The van der Waals surface area contributed by atoms with Crippen LogP contribution in [0.3, 0.4) is 0 Å². The average Bonchev–Trinajstić information content (AvgIpc) is 3.00. The molecule has 2 heterocycles. The maximum atomic E-state index is 6.17. The maximum Gasteiger partial charge on any atom is 0.175 e. The van der Waals surface area contributed by atoms with E-state index in [1.54, 1.807) is 0 Å². The Morgan fingerprint density at radius 2 is 1.83 bits per heavy atom. The van der Waals surface area contributed by atoms with Crippen LogP contribution < -0.4 is 4.90 Å². The van der Waals surface area contributed by atoms with Crippen molar-refractivity contribution in [2.24, 2.45) is 5.92 Å². The lowest BCUT2D eigenvalue weighted by Crippen LogP contribution is -2.35. The van der Waals surface area contributed by atoms with E-state index < -0.39 is 0 Å². The number of halogens is 2. The van der Waals surface area contributed by atoms with Crippen LogP contribution in [0.15, 0.2) is 6.07 Å².